The predicted molar refractivity (Wildman–Crippen MR) is 80.8 cm³/mol. The standard InChI is InChI=1S/C15H27N5/c1-2-15(7-3-4-8-15)13-17-14(19-18-13)20-9-5-6-12(10-16)11-20/h12H,2-11,16H2,1H3,(H,17,18,19). The van der Waals surface area contributed by atoms with Gasteiger partial charge in [0, 0.05) is 18.5 Å². The van der Waals surface area contributed by atoms with E-state index in [9.17, 15) is 0 Å². The zero-order valence-corrected chi connectivity index (χ0v) is 12.6. The number of rotatable bonds is 4. The first-order valence-corrected chi connectivity index (χ1v) is 8.15. The molecule has 5 nitrogen and oxygen atoms in total. The summed E-state index contributed by atoms with van der Waals surface area (Å²) >= 11 is 0. The molecule has 0 amide bonds. The molecule has 2 aliphatic rings. The van der Waals surface area contributed by atoms with E-state index in [0.29, 0.717) is 5.92 Å². The molecule has 0 bridgehead atoms. The molecule has 0 radical (unpaired) electrons. The molecule has 112 valence electrons. The van der Waals surface area contributed by atoms with Crippen LogP contribution < -0.4 is 10.6 Å². The van der Waals surface area contributed by atoms with Crippen LogP contribution in [0.3, 0.4) is 0 Å². The number of nitrogens with one attached hydrogen (secondary N) is 1. The first-order valence-electron chi connectivity index (χ1n) is 8.15. The van der Waals surface area contributed by atoms with Gasteiger partial charge >= 0.3 is 0 Å². The minimum atomic E-state index is 0.258. The van der Waals surface area contributed by atoms with Crippen LogP contribution in [-0.2, 0) is 5.41 Å². The maximum Gasteiger partial charge on any atom is 0.244 e. The van der Waals surface area contributed by atoms with Gasteiger partial charge in [0.1, 0.15) is 5.82 Å². The lowest BCUT2D eigenvalue weighted by Crippen LogP contribution is -2.39. The Morgan fingerprint density at radius 2 is 2.15 bits per heavy atom. The Morgan fingerprint density at radius 1 is 1.35 bits per heavy atom. The summed E-state index contributed by atoms with van der Waals surface area (Å²) in [4.78, 5) is 7.15. The average molecular weight is 277 g/mol. The number of H-pyrrole nitrogens is 1. The van der Waals surface area contributed by atoms with Gasteiger partial charge in [-0.1, -0.05) is 19.8 Å². The number of anilines is 1. The van der Waals surface area contributed by atoms with Crippen LogP contribution in [0, 0.1) is 5.92 Å². The molecule has 5 heteroatoms. The summed E-state index contributed by atoms with van der Waals surface area (Å²) < 4.78 is 0. The van der Waals surface area contributed by atoms with Crippen LogP contribution in [0.25, 0.3) is 0 Å². The van der Waals surface area contributed by atoms with Crippen LogP contribution in [0.1, 0.15) is 57.7 Å². The largest absolute Gasteiger partial charge is 0.339 e. The SMILES string of the molecule is CCC1(c2nc(N3CCCC(CN)C3)n[nH]2)CCCC1. The normalized spacial score (nSPS) is 26.1. The van der Waals surface area contributed by atoms with Crippen molar-refractivity contribution in [2.24, 2.45) is 11.7 Å². The molecule has 0 aromatic carbocycles. The number of aromatic nitrogens is 3. The van der Waals surface area contributed by atoms with Gasteiger partial charge in [-0.05, 0) is 44.6 Å². The van der Waals surface area contributed by atoms with E-state index in [1.54, 1.807) is 0 Å². The molecule has 1 aliphatic carbocycles. The van der Waals surface area contributed by atoms with Gasteiger partial charge in [0.25, 0.3) is 0 Å². The minimum Gasteiger partial charge on any atom is -0.339 e. The molecule has 2 fully saturated rings. The van der Waals surface area contributed by atoms with Gasteiger partial charge in [0.05, 0.1) is 0 Å². The number of hydrogen-bond donors (Lipinski definition) is 2. The molecule has 3 N–H and O–H groups in total. The van der Waals surface area contributed by atoms with Crippen LogP contribution in [0.2, 0.25) is 0 Å². The van der Waals surface area contributed by atoms with Crippen molar-refractivity contribution in [1.29, 1.82) is 0 Å². The van der Waals surface area contributed by atoms with Crippen molar-refractivity contribution in [3.05, 3.63) is 5.82 Å². The summed E-state index contributed by atoms with van der Waals surface area (Å²) in [6.07, 6.45) is 8.75. The van der Waals surface area contributed by atoms with Gasteiger partial charge in [-0.3, -0.25) is 5.10 Å². The van der Waals surface area contributed by atoms with Crippen molar-refractivity contribution in [2.75, 3.05) is 24.5 Å². The second-order valence-electron chi connectivity index (χ2n) is 6.51. The molecule has 1 aromatic rings. The monoisotopic (exact) mass is 277 g/mol. The lowest BCUT2D eigenvalue weighted by molar-refractivity contribution is 0.399. The first-order chi connectivity index (χ1) is 9.77. The maximum atomic E-state index is 5.82. The van der Waals surface area contributed by atoms with Gasteiger partial charge in [0.2, 0.25) is 5.95 Å². The van der Waals surface area contributed by atoms with E-state index in [0.717, 1.165) is 37.8 Å². The highest BCUT2D eigenvalue weighted by molar-refractivity contribution is 5.31. The van der Waals surface area contributed by atoms with Crippen LogP contribution in [0.5, 0.6) is 0 Å². The van der Waals surface area contributed by atoms with E-state index in [1.807, 2.05) is 0 Å². The van der Waals surface area contributed by atoms with E-state index < -0.39 is 0 Å². The summed E-state index contributed by atoms with van der Waals surface area (Å²) in [5.74, 6) is 2.59. The summed E-state index contributed by atoms with van der Waals surface area (Å²) in [6, 6.07) is 0. The smallest absolute Gasteiger partial charge is 0.244 e. The molecule has 20 heavy (non-hydrogen) atoms. The van der Waals surface area contributed by atoms with Crippen molar-refractivity contribution in [1.82, 2.24) is 15.2 Å². The van der Waals surface area contributed by atoms with Crippen LogP contribution in [0.15, 0.2) is 0 Å². The zero-order chi connectivity index (χ0) is 14.0. The third-order valence-corrected chi connectivity index (χ3v) is 5.35. The highest BCUT2D eigenvalue weighted by Gasteiger charge is 2.37. The summed E-state index contributed by atoms with van der Waals surface area (Å²) in [6.45, 7) is 5.12. The zero-order valence-electron chi connectivity index (χ0n) is 12.6. The Labute approximate surface area is 121 Å². The molecule has 1 unspecified atom stereocenters. The van der Waals surface area contributed by atoms with Crippen molar-refractivity contribution in [3.63, 3.8) is 0 Å². The molecular formula is C15H27N5. The molecular weight excluding hydrogens is 250 g/mol. The first kappa shape index (κ1) is 13.9. The second kappa shape index (κ2) is 5.72. The predicted octanol–water partition coefficient (Wildman–Crippen LogP) is 2.20. The Kier molecular flexibility index (Phi) is 3.96. The molecule has 1 aliphatic heterocycles. The Bertz CT molecular complexity index is 435. The molecule has 3 rings (SSSR count). The number of piperidine rings is 1. The lowest BCUT2D eigenvalue weighted by Gasteiger charge is -2.31. The number of nitrogens with zero attached hydrogens (tertiary/aromatic N) is 3. The third-order valence-electron chi connectivity index (χ3n) is 5.35. The van der Waals surface area contributed by atoms with Gasteiger partial charge < -0.3 is 10.6 Å². The Balaban J connectivity index is 1.76. The summed E-state index contributed by atoms with van der Waals surface area (Å²) in [5.41, 5.74) is 6.07. The van der Waals surface area contributed by atoms with Crippen LogP contribution in [-0.4, -0.2) is 34.8 Å². The Morgan fingerprint density at radius 3 is 2.85 bits per heavy atom. The van der Waals surface area contributed by atoms with Crippen LogP contribution >= 0.6 is 0 Å². The fourth-order valence-electron chi connectivity index (χ4n) is 3.88. The second-order valence-corrected chi connectivity index (χ2v) is 6.51. The minimum absolute atomic E-state index is 0.258. The quantitative estimate of drug-likeness (QED) is 0.885. The van der Waals surface area contributed by atoms with E-state index in [2.05, 4.69) is 22.0 Å². The van der Waals surface area contributed by atoms with Crippen LogP contribution in [0.4, 0.5) is 5.95 Å². The molecule has 1 aromatic heterocycles. The summed E-state index contributed by atoms with van der Waals surface area (Å²) in [5, 5.41) is 7.73. The van der Waals surface area contributed by atoms with Crippen molar-refractivity contribution in [3.8, 4) is 0 Å². The van der Waals surface area contributed by atoms with Gasteiger partial charge in [0.15, 0.2) is 0 Å². The van der Waals surface area contributed by atoms with Gasteiger partial charge in [-0.25, -0.2) is 0 Å². The highest BCUT2D eigenvalue weighted by atomic mass is 15.4. The van der Waals surface area contributed by atoms with Crippen molar-refractivity contribution < 1.29 is 0 Å². The van der Waals surface area contributed by atoms with Crippen molar-refractivity contribution in [2.45, 2.75) is 57.3 Å². The molecule has 1 saturated carbocycles. The molecule has 2 heterocycles. The molecule has 0 spiro atoms. The molecule has 1 saturated heterocycles. The van der Waals surface area contributed by atoms with E-state index in [4.69, 9.17) is 10.7 Å². The average Bonchev–Trinajstić information content (AvgIpc) is 3.17. The van der Waals surface area contributed by atoms with Crippen molar-refractivity contribution >= 4 is 5.95 Å². The number of nitrogens with two attached hydrogens (primary N) is 1. The Hall–Kier alpha value is -1.10. The summed E-state index contributed by atoms with van der Waals surface area (Å²) in [7, 11) is 0. The number of aromatic amines is 1. The number of hydrogen-bond acceptors (Lipinski definition) is 4. The fourth-order valence-corrected chi connectivity index (χ4v) is 3.88. The van der Waals surface area contributed by atoms with Gasteiger partial charge in [-0.15, -0.1) is 5.10 Å². The van der Waals surface area contributed by atoms with E-state index >= 15 is 0 Å². The van der Waals surface area contributed by atoms with E-state index in [1.165, 1.54) is 38.5 Å². The van der Waals surface area contributed by atoms with Gasteiger partial charge in [-0.2, -0.15) is 4.98 Å². The maximum absolute atomic E-state index is 5.82. The lowest BCUT2D eigenvalue weighted by atomic mass is 9.83. The topological polar surface area (TPSA) is 70.8 Å². The molecule has 1 atom stereocenters. The third kappa shape index (κ3) is 2.43. The van der Waals surface area contributed by atoms with E-state index in [-0.39, 0.29) is 5.41 Å². The highest BCUT2D eigenvalue weighted by Crippen LogP contribution is 2.42. The fraction of sp³-hybridized carbons (Fsp3) is 0.867.